The van der Waals surface area contributed by atoms with Gasteiger partial charge in [0.25, 0.3) is 6.01 Å². The molecule has 0 aliphatic rings. The third-order valence-corrected chi connectivity index (χ3v) is 3.82. The first kappa shape index (κ1) is 17.5. The number of unbranched alkanes of at least 4 members (excludes halogenated alkanes) is 1. The van der Waals surface area contributed by atoms with Crippen LogP contribution in [0.5, 0.6) is 12.0 Å². The minimum absolute atomic E-state index is 0.106. The van der Waals surface area contributed by atoms with Crippen LogP contribution in [-0.2, 0) is 6.54 Å². The molecule has 2 heterocycles. The molecular weight excluding hydrogens is 338 g/mol. The number of aromatic nitrogens is 4. The van der Waals surface area contributed by atoms with Gasteiger partial charge in [0.1, 0.15) is 0 Å². The largest absolute Gasteiger partial charge is 0.480 e. The van der Waals surface area contributed by atoms with Gasteiger partial charge in [0.05, 0.1) is 18.7 Å². The van der Waals surface area contributed by atoms with Gasteiger partial charge >= 0.3 is 12.0 Å². The fourth-order valence-corrected chi connectivity index (χ4v) is 2.49. The molecule has 0 radical (unpaired) electrons. The Kier molecular flexibility index (Phi) is 4.87. The predicted molar refractivity (Wildman–Crippen MR) is 94.3 cm³/mol. The molecule has 0 saturated heterocycles. The van der Waals surface area contributed by atoms with Crippen LogP contribution in [0, 0.1) is 0 Å². The minimum Gasteiger partial charge on any atom is -0.480 e. The quantitative estimate of drug-likeness (QED) is 0.546. The first-order valence-corrected chi connectivity index (χ1v) is 8.17. The van der Waals surface area contributed by atoms with Crippen LogP contribution < -0.4 is 10.5 Å². The monoisotopic (exact) mass is 357 g/mol. The van der Waals surface area contributed by atoms with Crippen molar-refractivity contribution < 1.29 is 19.7 Å². The van der Waals surface area contributed by atoms with Crippen LogP contribution in [0.25, 0.3) is 11.2 Å². The lowest BCUT2D eigenvalue weighted by molar-refractivity contribution is 0.0696. The van der Waals surface area contributed by atoms with Crippen molar-refractivity contribution in [2.24, 2.45) is 0 Å². The molecule has 0 atom stereocenters. The van der Waals surface area contributed by atoms with Crippen molar-refractivity contribution in [2.45, 2.75) is 26.3 Å². The van der Waals surface area contributed by atoms with E-state index in [4.69, 9.17) is 15.6 Å². The maximum Gasteiger partial charge on any atom is 0.335 e. The van der Waals surface area contributed by atoms with Crippen molar-refractivity contribution in [1.82, 2.24) is 19.5 Å². The number of aromatic hydroxyl groups is 1. The summed E-state index contributed by atoms with van der Waals surface area (Å²) in [5.74, 6) is -0.917. The Morgan fingerprint density at radius 2 is 2.12 bits per heavy atom. The van der Waals surface area contributed by atoms with E-state index in [0.717, 1.165) is 12.8 Å². The van der Waals surface area contributed by atoms with Gasteiger partial charge in [-0.05, 0) is 24.1 Å². The molecule has 0 bridgehead atoms. The molecule has 9 heteroatoms. The number of nitrogen functional groups attached to an aromatic ring is 1. The van der Waals surface area contributed by atoms with E-state index in [0.29, 0.717) is 17.8 Å². The number of hydrogen-bond acceptors (Lipinski definition) is 7. The third kappa shape index (κ3) is 3.51. The summed E-state index contributed by atoms with van der Waals surface area (Å²) in [6.45, 7) is 2.68. The molecule has 26 heavy (non-hydrogen) atoms. The average molecular weight is 357 g/mol. The highest BCUT2D eigenvalue weighted by atomic mass is 16.5. The Balaban J connectivity index is 1.98. The van der Waals surface area contributed by atoms with Crippen LogP contribution in [0.3, 0.4) is 0 Å². The molecule has 1 aromatic carbocycles. The Morgan fingerprint density at radius 3 is 2.85 bits per heavy atom. The number of carboxylic acid groups (broad SMARTS) is 1. The van der Waals surface area contributed by atoms with Gasteiger partial charge in [0, 0.05) is 0 Å². The molecule has 0 aliphatic carbocycles. The molecule has 136 valence electrons. The van der Waals surface area contributed by atoms with Crippen LogP contribution in [0.2, 0.25) is 0 Å². The van der Waals surface area contributed by atoms with Crippen molar-refractivity contribution in [2.75, 3.05) is 12.3 Å². The SMILES string of the molecule is CCCCOc1nc(N)c2nc(O)n(Cc3cccc(C(=O)O)c3)c2n1. The summed E-state index contributed by atoms with van der Waals surface area (Å²) >= 11 is 0. The zero-order valence-corrected chi connectivity index (χ0v) is 14.2. The van der Waals surface area contributed by atoms with Crippen LogP contribution >= 0.6 is 0 Å². The van der Waals surface area contributed by atoms with Crippen LogP contribution in [0.1, 0.15) is 35.7 Å². The lowest BCUT2D eigenvalue weighted by atomic mass is 10.1. The first-order chi connectivity index (χ1) is 12.5. The summed E-state index contributed by atoms with van der Waals surface area (Å²) in [5, 5.41) is 19.3. The number of carboxylic acids is 1. The van der Waals surface area contributed by atoms with Gasteiger partial charge in [-0.3, -0.25) is 4.57 Å². The van der Waals surface area contributed by atoms with E-state index in [1.807, 2.05) is 6.92 Å². The lowest BCUT2D eigenvalue weighted by Crippen LogP contribution is -2.06. The smallest absolute Gasteiger partial charge is 0.335 e. The molecule has 9 nitrogen and oxygen atoms in total. The highest BCUT2D eigenvalue weighted by Gasteiger charge is 2.17. The van der Waals surface area contributed by atoms with E-state index in [2.05, 4.69) is 15.0 Å². The van der Waals surface area contributed by atoms with Crippen molar-refractivity contribution in [3.63, 3.8) is 0 Å². The second kappa shape index (κ2) is 7.26. The maximum absolute atomic E-state index is 11.1. The lowest BCUT2D eigenvalue weighted by Gasteiger charge is -2.08. The molecule has 2 aromatic heterocycles. The van der Waals surface area contributed by atoms with Crippen molar-refractivity contribution >= 4 is 23.0 Å². The number of aromatic carboxylic acids is 1. The fraction of sp³-hybridized carbons (Fsp3) is 0.294. The number of rotatable bonds is 7. The number of benzene rings is 1. The average Bonchev–Trinajstić information content (AvgIpc) is 2.92. The molecule has 0 spiro atoms. The fourth-order valence-electron chi connectivity index (χ4n) is 2.49. The highest BCUT2D eigenvalue weighted by molar-refractivity contribution is 5.87. The number of nitrogens with zero attached hydrogens (tertiary/aromatic N) is 4. The van der Waals surface area contributed by atoms with E-state index < -0.39 is 5.97 Å². The normalized spacial score (nSPS) is 11.0. The number of nitrogens with two attached hydrogens (primary N) is 1. The van der Waals surface area contributed by atoms with Crippen molar-refractivity contribution in [3.05, 3.63) is 35.4 Å². The Hall–Kier alpha value is -3.36. The van der Waals surface area contributed by atoms with E-state index in [1.54, 1.807) is 12.1 Å². The van der Waals surface area contributed by atoms with Gasteiger partial charge in [0.2, 0.25) is 0 Å². The van der Waals surface area contributed by atoms with Gasteiger partial charge in [-0.15, -0.1) is 0 Å². The van der Waals surface area contributed by atoms with Crippen LogP contribution in [0.4, 0.5) is 5.82 Å². The van der Waals surface area contributed by atoms with E-state index in [9.17, 15) is 9.90 Å². The van der Waals surface area contributed by atoms with Gasteiger partial charge in [-0.2, -0.15) is 15.0 Å². The van der Waals surface area contributed by atoms with E-state index in [-0.39, 0.29) is 35.5 Å². The molecular formula is C17H19N5O4. The predicted octanol–water partition coefficient (Wildman–Crippen LogP) is 2.04. The third-order valence-electron chi connectivity index (χ3n) is 3.82. The van der Waals surface area contributed by atoms with Crippen molar-refractivity contribution in [1.29, 1.82) is 0 Å². The number of imidazole rings is 1. The van der Waals surface area contributed by atoms with Gasteiger partial charge in [-0.1, -0.05) is 25.5 Å². The zero-order chi connectivity index (χ0) is 18.7. The highest BCUT2D eigenvalue weighted by Crippen LogP contribution is 2.26. The number of ether oxygens (including phenoxy) is 1. The summed E-state index contributed by atoms with van der Waals surface area (Å²) in [5.41, 5.74) is 7.32. The number of fused-ring (bicyclic) bond motifs is 1. The maximum atomic E-state index is 11.1. The molecule has 3 aromatic rings. The molecule has 0 amide bonds. The standard InChI is InChI=1S/C17H19N5O4/c1-2-3-7-26-16-20-13(18)12-14(21-16)22(17(25)19-12)9-10-5-4-6-11(8-10)15(23)24/h4-6,8H,2-3,7,9H2,1H3,(H,19,25)(H,23,24)(H2,18,20,21). The summed E-state index contributed by atoms with van der Waals surface area (Å²) in [6.07, 6.45) is 1.82. The second-order valence-electron chi connectivity index (χ2n) is 5.77. The first-order valence-electron chi connectivity index (χ1n) is 8.17. The van der Waals surface area contributed by atoms with Gasteiger partial charge in [-0.25, -0.2) is 4.79 Å². The number of carbonyl (C=O) groups is 1. The summed E-state index contributed by atoms with van der Waals surface area (Å²) in [6, 6.07) is 6.24. The Bertz CT molecular complexity index is 954. The van der Waals surface area contributed by atoms with Gasteiger partial charge in [0.15, 0.2) is 17.0 Å². The molecule has 0 saturated carbocycles. The van der Waals surface area contributed by atoms with E-state index in [1.165, 1.54) is 16.7 Å². The van der Waals surface area contributed by atoms with Crippen LogP contribution in [-0.4, -0.2) is 42.3 Å². The molecule has 0 unspecified atom stereocenters. The molecule has 4 N–H and O–H groups in total. The number of hydrogen-bond donors (Lipinski definition) is 3. The van der Waals surface area contributed by atoms with Crippen LogP contribution in [0.15, 0.2) is 24.3 Å². The summed E-state index contributed by atoms with van der Waals surface area (Å²) < 4.78 is 6.93. The van der Waals surface area contributed by atoms with Crippen molar-refractivity contribution in [3.8, 4) is 12.0 Å². The summed E-state index contributed by atoms with van der Waals surface area (Å²) in [7, 11) is 0. The number of anilines is 1. The molecule has 0 aliphatic heterocycles. The molecule has 0 fully saturated rings. The minimum atomic E-state index is -1.02. The molecule has 3 rings (SSSR count). The zero-order valence-electron chi connectivity index (χ0n) is 14.2. The van der Waals surface area contributed by atoms with Gasteiger partial charge < -0.3 is 20.7 Å². The summed E-state index contributed by atoms with van der Waals surface area (Å²) in [4.78, 5) is 23.5. The Labute approximate surface area is 149 Å². The Morgan fingerprint density at radius 1 is 1.31 bits per heavy atom. The van der Waals surface area contributed by atoms with E-state index >= 15 is 0 Å². The second-order valence-corrected chi connectivity index (χ2v) is 5.77. The topological polar surface area (TPSA) is 136 Å².